The van der Waals surface area contributed by atoms with Crippen LogP contribution in [0, 0.1) is 0 Å². The molecule has 0 radical (unpaired) electrons. The number of hydrogen-bond donors (Lipinski definition) is 0. The van der Waals surface area contributed by atoms with E-state index in [0.717, 1.165) is 129 Å². The van der Waals surface area contributed by atoms with Crippen LogP contribution in [0.5, 0.6) is 0 Å². The maximum Gasteiger partial charge on any atom is 0.252 e. The zero-order valence-corrected chi connectivity index (χ0v) is 66.6. The summed E-state index contributed by atoms with van der Waals surface area (Å²) in [6, 6.07) is 170. The molecule has 2 aliphatic heterocycles. The maximum atomic E-state index is 2.72. The first-order valence-corrected chi connectivity index (χ1v) is 42.4. The molecule has 0 amide bonds. The van der Waals surface area contributed by atoms with Gasteiger partial charge in [0.2, 0.25) is 0 Å². The van der Waals surface area contributed by atoms with E-state index >= 15 is 0 Å². The van der Waals surface area contributed by atoms with Crippen molar-refractivity contribution in [2.24, 2.45) is 0 Å². The first-order chi connectivity index (χ1) is 60.6. The van der Waals surface area contributed by atoms with Gasteiger partial charge < -0.3 is 14.7 Å². The Labute approximate surface area is 708 Å². The van der Waals surface area contributed by atoms with Gasteiger partial charge in [0, 0.05) is 56.4 Å². The van der Waals surface area contributed by atoms with Gasteiger partial charge in [-0.3, -0.25) is 0 Å². The van der Waals surface area contributed by atoms with Crippen LogP contribution in [-0.2, 0) is 0 Å². The molecule has 0 fully saturated rings. The second-order valence-corrected chi connectivity index (χ2v) is 32.8. The Morgan fingerprint density at radius 2 is 0.459 bits per heavy atom. The second kappa shape index (κ2) is 27.9. The highest BCUT2D eigenvalue weighted by Crippen LogP contribution is 2.57. The molecule has 0 saturated carbocycles. The summed E-state index contributed by atoms with van der Waals surface area (Å²) in [7, 11) is 0. The summed E-state index contributed by atoms with van der Waals surface area (Å²) in [5.41, 5.74) is 31.2. The fourth-order valence-corrected chi connectivity index (χ4v) is 21.0. The normalized spacial score (nSPS) is 12.4. The van der Waals surface area contributed by atoms with E-state index in [1.807, 2.05) is 0 Å². The van der Waals surface area contributed by atoms with Gasteiger partial charge in [-0.15, -0.1) is 0 Å². The summed E-state index contributed by atoms with van der Waals surface area (Å²) in [5, 5.41) is 20.1. The lowest BCUT2D eigenvalue weighted by Gasteiger charge is -2.46. The number of hydrogen-bond acceptors (Lipinski definition) is 3. The standard InChI is InChI=1S/C118H74BN3/c1-7-27-75(28-8-1)77-55-63-89(64-56-77)120(90-65-57-78(58-66-90)76-29-9-2-10-30-76)91-73-108-116-109(74-91)122(118-96(81-35-15-5-16-36-81)47-26-48-97(118)82-37-17-6-18-38-82)107-72-88(93-68-60-86-44-22-52-101-99-50-20-40-84-42-24-54-103(111(84)99)115(93)113(86)101)62-70-105(107)119(116)104-69-61-87(92-67-59-85-43-21-51-100-98-49-19-39-83-41-23-53-102(110(83)98)114(92)112(85)100)71-106(104)121(108)117-94(79-31-11-3-12-32-79)45-25-46-95(117)80-33-13-4-14-34-80/h1-74H. The first-order valence-electron chi connectivity index (χ1n) is 42.4. The Hall–Kier alpha value is -15.9. The van der Waals surface area contributed by atoms with Crippen molar-refractivity contribution in [3.05, 3.63) is 449 Å². The summed E-state index contributed by atoms with van der Waals surface area (Å²) >= 11 is 0. The van der Waals surface area contributed by atoms with Gasteiger partial charge in [0.15, 0.2) is 0 Å². The SMILES string of the molecule is c1ccc(-c2ccc(N(c3ccc(-c4ccccc4)cc3)c3cc4c5c(c3)N(c3c(-c6ccccc6)cccc3-c3ccccc3)c3cc(-c6ccc7cccc8c9cccc%10cccc(c6c78)c%109)ccc3B5c3ccc(-c5ccc6cccc7c8cccc9cccc(c5c67)c98)cc3N4c3c(-c4ccccc4)cccc3-c3ccccc3)cc2)cc1. The first kappa shape index (κ1) is 69.3. The third kappa shape index (κ3) is 10.8. The molecule has 0 unspecified atom stereocenters. The number of benzene rings is 23. The highest BCUT2D eigenvalue weighted by molar-refractivity contribution is 7.00. The van der Waals surface area contributed by atoms with Crippen LogP contribution in [-0.4, -0.2) is 6.71 Å². The fourth-order valence-electron chi connectivity index (χ4n) is 21.0. The summed E-state index contributed by atoms with van der Waals surface area (Å²) in [6.07, 6.45) is 0. The van der Waals surface area contributed by atoms with Crippen molar-refractivity contribution in [3.63, 3.8) is 0 Å². The van der Waals surface area contributed by atoms with Crippen LogP contribution in [0.1, 0.15) is 0 Å². The van der Waals surface area contributed by atoms with Gasteiger partial charge in [0.25, 0.3) is 6.71 Å². The van der Waals surface area contributed by atoms with Crippen LogP contribution < -0.4 is 31.1 Å². The summed E-state index contributed by atoms with van der Waals surface area (Å²) in [6.45, 7) is -0.337. The monoisotopic (exact) mass is 1540 g/mol. The van der Waals surface area contributed by atoms with Crippen LogP contribution in [0.3, 0.4) is 0 Å². The molecule has 0 aromatic heterocycles. The van der Waals surface area contributed by atoms with Crippen LogP contribution in [0.15, 0.2) is 449 Å². The largest absolute Gasteiger partial charge is 0.310 e. The van der Waals surface area contributed by atoms with Gasteiger partial charge in [0.1, 0.15) is 0 Å². The van der Waals surface area contributed by atoms with E-state index in [1.165, 1.54) is 114 Å². The van der Waals surface area contributed by atoms with Gasteiger partial charge in [-0.25, -0.2) is 0 Å². The highest BCUT2D eigenvalue weighted by atomic mass is 15.2. The second-order valence-electron chi connectivity index (χ2n) is 32.8. The van der Waals surface area contributed by atoms with Crippen molar-refractivity contribution < 1.29 is 0 Å². The molecular formula is C118H74BN3. The Bertz CT molecular complexity index is 7500. The lowest BCUT2D eigenvalue weighted by molar-refractivity contribution is 1.23. The van der Waals surface area contributed by atoms with E-state index in [-0.39, 0.29) is 6.71 Å². The molecule has 122 heavy (non-hydrogen) atoms. The number of nitrogens with zero attached hydrogens (tertiary/aromatic N) is 3. The molecule has 0 saturated heterocycles. The van der Waals surface area contributed by atoms with E-state index in [4.69, 9.17) is 0 Å². The smallest absolute Gasteiger partial charge is 0.252 e. The van der Waals surface area contributed by atoms with Gasteiger partial charge >= 0.3 is 0 Å². The number of para-hydroxylation sites is 2. The van der Waals surface area contributed by atoms with Gasteiger partial charge in [-0.2, -0.15) is 0 Å². The Morgan fingerprint density at radius 3 is 0.803 bits per heavy atom. The molecule has 2 heterocycles. The van der Waals surface area contributed by atoms with E-state index in [2.05, 4.69) is 464 Å². The number of anilines is 9. The minimum atomic E-state index is -0.337. The molecule has 2 aliphatic rings. The van der Waals surface area contributed by atoms with E-state index < -0.39 is 0 Å². The summed E-state index contributed by atoms with van der Waals surface area (Å²) in [5.74, 6) is 0. The van der Waals surface area contributed by atoms with E-state index in [9.17, 15) is 0 Å². The van der Waals surface area contributed by atoms with Crippen molar-refractivity contribution in [2.75, 3.05) is 14.7 Å². The summed E-state index contributed by atoms with van der Waals surface area (Å²) in [4.78, 5) is 7.97. The molecule has 3 nitrogen and oxygen atoms in total. The topological polar surface area (TPSA) is 9.72 Å². The molecule has 0 spiro atoms. The Morgan fingerprint density at radius 1 is 0.172 bits per heavy atom. The molecule has 564 valence electrons. The van der Waals surface area contributed by atoms with Crippen molar-refractivity contribution in [1.82, 2.24) is 0 Å². The predicted octanol–water partition coefficient (Wildman–Crippen LogP) is 30.7. The van der Waals surface area contributed by atoms with Crippen LogP contribution in [0.25, 0.3) is 175 Å². The molecule has 23 aromatic carbocycles. The van der Waals surface area contributed by atoms with Crippen LogP contribution >= 0.6 is 0 Å². The molecule has 0 bridgehead atoms. The third-order valence-electron chi connectivity index (χ3n) is 26.3. The van der Waals surface area contributed by atoms with Crippen molar-refractivity contribution in [1.29, 1.82) is 0 Å². The molecule has 0 N–H and O–H groups in total. The highest BCUT2D eigenvalue weighted by Gasteiger charge is 2.46. The lowest BCUT2D eigenvalue weighted by Crippen LogP contribution is -2.61. The average molecular weight is 1540 g/mol. The average Bonchev–Trinajstić information content (AvgIpc) is 0.661. The minimum absolute atomic E-state index is 0.337. The van der Waals surface area contributed by atoms with Gasteiger partial charge in [-0.1, -0.05) is 400 Å². The van der Waals surface area contributed by atoms with Gasteiger partial charge in [0.05, 0.1) is 17.1 Å². The van der Waals surface area contributed by atoms with Gasteiger partial charge in [-0.05, 0) is 218 Å². The lowest BCUT2D eigenvalue weighted by atomic mass is 9.33. The quantitative estimate of drug-likeness (QED) is 0.0647. The van der Waals surface area contributed by atoms with E-state index in [0.29, 0.717) is 0 Å². The van der Waals surface area contributed by atoms with Crippen molar-refractivity contribution in [3.8, 4) is 89.0 Å². The van der Waals surface area contributed by atoms with Crippen LogP contribution in [0.4, 0.5) is 51.2 Å². The zero-order chi connectivity index (χ0) is 80.0. The van der Waals surface area contributed by atoms with Crippen molar-refractivity contribution in [2.45, 2.75) is 0 Å². The third-order valence-corrected chi connectivity index (χ3v) is 26.3. The van der Waals surface area contributed by atoms with Crippen LogP contribution in [0.2, 0.25) is 0 Å². The molecule has 4 heteroatoms. The molecule has 0 aliphatic carbocycles. The Balaban J connectivity index is 0.856. The minimum Gasteiger partial charge on any atom is -0.310 e. The molecule has 23 aromatic rings. The fraction of sp³-hybridized carbons (Fsp3) is 0. The maximum absolute atomic E-state index is 2.72. The number of fused-ring (bicyclic) bond motifs is 8. The summed E-state index contributed by atoms with van der Waals surface area (Å²) < 4.78 is 0. The zero-order valence-electron chi connectivity index (χ0n) is 66.6. The molecule has 25 rings (SSSR count). The molecular weight excluding hydrogens is 1470 g/mol. The van der Waals surface area contributed by atoms with Crippen molar-refractivity contribution >= 4 is 160 Å². The predicted molar refractivity (Wildman–Crippen MR) is 521 cm³/mol. The van der Waals surface area contributed by atoms with E-state index in [1.54, 1.807) is 0 Å². The Kier molecular flexibility index (Phi) is 15.8. The molecule has 0 atom stereocenters. The number of rotatable bonds is 13.